The summed E-state index contributed by atoms with van der Waals surface area (Å²) < 4.78 is 5.03. The molecule has 0 unspecified atom stereocenters. The van der Waals surface area contributed by atoms with Crippen LogP contribution in [0.25, 0.3) is 0 Å². The molecule has 48 valence electrons. The number of hydrogen-bond donors (Lipinski definition) is 1. The third kappa shape index (κ3) is 5.98. The van der Waals surface area contributed by atoms with E-state index in [-0.39, 0.29) is 0 Å². The fraction of sp³-hybridized carbons (Fsp3) is 1.00. The van der Waals surface area contributed by atoms with E-state index in [0.29, 0.717) is 13.6 Å². The second-order valence-electron chi connectivity index (χ2n) is 2.00. The van der Waals surface area contributed by atoms with E-state index >= 15 is 0 Å². The predicted octanol–water partition coefficient (Wildman–Crippen LogP) is 0.821. The van der Waals surface area contributed by atoms with Crippen LogP contribution in [0, 0.1) is 0 Å². The normalized spacial score (nSPS) is 9.38. The van der Waals surface area contributed by atoms with Crippen LogP contribution < -0.4 is 5.23 Å². The predicted molar refractivity (Wildman–Crippen MR) is 37.1 cm³/mol. The van der Waals surface area contributed by atoms with Gasteiger partial charge in [-0.3, -0.25) is 0 Å². The van der Waals surface area contributed by atoms with Crippen molar-refractivity contribution in [1.82, 2.24) is 5.23 Å². The minimum atomic E-state index is 0.529. The van der Waals surface area contributed by atoms with Crippen molar-refractivity contribution in [1.29, 1.82) is 0 Å². The largest absolute Gasteiger partial charge is 0.368 e. The molecule has 0 spiro atoms. The van der Waals surface area contributed by atoms with E-state index in [0.717, 1.165) is 6.61 Å². The first-order valence-electron chi connectivity index (χ1n) is 3.08. The first-order valence-corrected chi connectivity index (χ1v) is 3.08. The smallest absolute Gasteiger partial charge is 0.215 e. The summed E-state index contributed by atoms with van der Waals surface area (Å²) in [7, 11) is 0. The van der Waals surface area contributed by atoms with Gasteiger partial charge in [0, 0.05) is 6.61 Å². The minimum Gasteiger partial charge on any atom is -0.368 e. The number of nitrogens with one attached hydrogen (secondary N) is 1. The van der Waals surface area contributed by atoms with Crippen LogP contribution in [-0.2, 0) is 4.74 Å². The average Bonchev–Trinajstić information content (AvgIpc) is 1.66. The highest BCUT2D eigenvalue weighted by atomic mass is 16.5. The lowest BCUT2D eigenvalue weighted by molar-refractivity contribution is 0.143. The Bertz CT molecular complexity index is 49.7. The van der Waals surface area contributed by atoms with Crippen LogP contribution in [0.2, 0.25) is 13.6 Å². The number of rotatable bonds is 4. The van der Waals surface area contributed by atoms with Gasteiger partial charge in [-0.2, -0.15) is 0 Å². The monoisotopic (exact) mass is 115 g/mol. The Balaban J connectivity index is 2.72. The molecule has 0 aliphatic carbocycles. The number of ether oxygens (including phenoxy) is 1. The van der Waals surface area contributed by atoms with Crippen molar-refractivity contribution in [2.75, 3.05) is 13.3 Å². The fourth-order valence-corrected chi connectivity index (χ4v) is 0.328. The van der Waals surface area contributed by atoms with E-state index in [1.165, 1.54) is 0 Å². The van der Waals surface area contributed by atoms with Gasteiger partial charge in [0.15, 0.2) is 0 Å². The maximum Gasteiger partial charge on any atom is 0.215 e. The van der Waals surface area contributed by atoms with E-state index in [1.54, 1.807) is 0 Å². The number of hydrogen-bond acceptors (Lipinski definition) is 2. The van der Waals surface area contributed by atoms with Crippen LogP contribution in [0.15, 0.2) is 0 Å². The third-order valence-electron chi connectivity index (χ3n) is 0.798. The molecule has 0 bridgehead atoms. The Morgan fingerprint density at radius 3 is 2.50 bits per heavy atom. The maximum atomic E-state index is 5.03. The van der Waals surface area contributed by atoms with Crippen molar-refractivity contribution < 1.29 is 4.74 Å². The van der Waals surface area contributed by atoms with E-state index in [1.807, 2.05) is 6.92 Å². The Hall–Kier alpha value is -0.0151. The van der Waals surface area contributed by atoms with Crippen LogP contribution in [0.3, 0.4) is 0 Å². The molecule has 0 aromatic rings. The highest BCUT2D eigenvalue weighted by molar-refractivity contribution is 6.52. The summed E-state index contributed by atoms with van der Waals surface area (Å²) in [6, 6.07) is 0. The standard InChI is InChI=1S/C5H14BNO/c1-4-8-5-7-6(2)3/h7H,4-5H2,1-3H3. The summed E-state index contributed by atoms with van der Waals surface area (Å²) in [6.07, 6.45) is 0. The molecular weight excluding hydrogens is 101 g/mol. The van der Waals surface area contributed by atoms with Crippen molar-refractivity contribution in [3.05, 3.63) is 0 Å². The van der Waals surface area contributed by atoms with Gasteiger partial charge < -0.3 is 9.96 Å². The zero-order valence-corrected chi connectivity index (χ0v) is 5.90. The molecule has 0 saturated carbocycles. The maximum absolute atomic E-state index is 5.03. The minimum absolute atomic E-state index is 0.529. The van der Waals surface area contributed by atoms with Crippen LogP contribution in [0.5, 0.6) is 0 Å². The molecule has 0 aromatic carbocycles. The first-order chi connectivity index (χ1) is 3.77. The van der Waals surface area contributed by atoms with Crippen molar-refractivity contribution in [3.63, 3.8) is 0 Å². The molecule has 2 nitrogen and oxygen atoms in total. The van der Waals surface area contributed by atoms with Crippen LogP contribution in [-0.4, -0.2) is 20.2 Å². The van der Waals surface area contributed by atoms with E-state index in [4.69, 9.17) is 4.74 Å². The quantitative estimate of drug-likeness (QED) is 0.332. The second kappa shape index (κ2) is 5.13. The van der Waals surface area contributed by atoms with Gasteiger partial charge in [0.1, 0.15) is 0 Å². The Morgan fingerprint density at radius 1 is 1.50 bits per heavy atom. The van der Waals surface area contributed by atoms with Crippen molar-refractivity contribution in [3.8, 4) is 0 Å². The highest BCUT2D eigenvalue weighted by Gasteiger charge is 1.93. The molecule has 0 saturated heterocycles. The molecule has 0 radical (unpaired) electrons. The highest BCUT2D eigenvalue weighted by Crippen LogP contribution is 1.72. The fourth-order valence-electron chi connectivity index (χ4n) is 0.328. The van der Waals surface area contributed by atoms with Crippen LogP contribution in [0.1, 0.15) is 6.92 Å². The van der Waals surface area contributed by atoms with Gasteiger partial charge in [-0.1, -0.05) is 13.6 Å². The van der Waals surface area contributed by atoms with E-state index < -0.39 is 0 Å². The average molecular weight is 115 g/mol. The molecule has 0 rings (SSSR count). The van der Waals surface area contributed by atoms with E-state index in [2.05, 4.69) is 18.9 Å². The lowest BCUT2D eigenvalue weighted by Crippen LogP contribution is -2.29. The van der Waals surface area contributed by atoms with Gasteiger partial charge in [0.2, 0.25) is 6.85 Å². The zero-order chi connectivity index (χ0) is 6.41. The first kappa shape index (κ1) is 7.98. The molecule has 1 N–H and O–H groups in total. The molecule has 8 heavy (non-hydrogen) atoms. The molecule has 0 aromatic heterocycles. The molecule has 0 amide bonds. The van der Waals surface area contributed by atoms with Gasteiger partial charge in [-0.15, -0.1) is 0 Å². The Kier molecular flexibility index (Phi) is 5.12. The summed E-state index contributed by atoms with van der Waals surface area (Å²) >= 11 is 0. The summed E-state index contributed by atoms with van der Waals surface area (Å²) in [5.74, 6) is 0. The van der Waals surface area contributed by atoms with Crippen LogP contribution in [0.4, 0.5) is 0 Å². The Labute approximate surface area is 51.7 Å². The molecule has 0 aliphatic heterocycles. The van der Waals surface area contributed by atoms with Gasteiger partial charge in [-0.05, 0) is 6.92 Å². The molecule has 0 aliphatic rings. The van der Waals surface area contributed by atoms with Crippen LogP contribution >= 0.6 is 0 Å². The molecule has 3 heteroatoms. The Morgan fingerprint density at radius 2 is 2.12 bits per heavy atom. The van der Waals surface area contributed by atoms with Crippen molar-refractivity contribution >= 4 is 6.85 Å². The van der Waals surface area contributed by atoms with Gasteiger partial charge in [0.25, 0.3) is 0 Å². The zero-order valence-electron chi connectivity index (χ0n) is 5.90. The molecule has 0 atom stereocenters. The molecular formula is C5H14BNO. The molecule has 0 fully saturated rings. The lowest BCUT2D eigenvalue weighted by Gasteiger charge is -2.03. The summed E-state index contributed by atoms with van der Waals surface area (Å²) in [4.78, 5) is 0. The lowest BCUT2D eigenvalue weighted by atomic mass is 9.69. The van der Waals surface area contributed by atoms with Crippen molar-refractivity contribution in [2.45, 2.75) is 20.6 Å². The summed E-state index contributed by atoms with van der Waals surface area (Å²) in [6.45, 7) is 8.18. The topological polar surface area (TPSA) is 21.3 Å². The van der Waals surface area contributed by atoms with Gasteiger partial charge in [-0.25, -0.2) is 0 Å². The van der Waals surface area contributed by atoms with Crippen molar-refractivity contribution in [2.24, 2.45) is 0 Å². The summed E-state index contributed by atoms with van der Waals surface area (Å²) in [5, 5.41) is 3.12. The third-order valence-corrected chi connectivity index (χ3v) is 0.798. The molecule has 0 heterocycles. The van der Waals surface area contributed by atoms with Gasteiger partial charge in [0.05, 0.1) is 6.73 Å². The van der Waals surface area contributed by atoms with Gasteiger partial charge >= 0.3 is 0 Å². The second-order valence-corrected chi connectivity index (χ2v) is 2.00. The SMILES string of the molecule is CCOCNB(C)C. The summed E-state index contributed by atoms with van der Waals surface area (Å²) in [5.41, 5.74) is 0. The van der Waals surface area contributed by atoms with E-state index in [9.17, 15) is 0 Å².